The van der Waals surface area contributed by atoms with Gasteiger partial charge in [0.1, 0.15) is 5.37 Å². The molecule has 1 fully saturated rings. The fourth-order valence-corrected chi connectivity index (χ4v) is 4.98. The van der Waals surface area contributed by atoms with Crippen LogP contribution in [-0.4, -0.2) is 60.1 Å². The van der Waals surface area contributed by atoms with E-state index in [0.29, 0.717) is 24.4 Å². The van der Waals surface area contributed by atoms with Gasteiger partial charge in [0.15, 0.2) is 9.84 Å². The Hall–Kier alpha value is -0.530. The Morgan fingerprint density at radius 3 is 2.78 bits per heavy atom. The standard InChI is InChI=1S/C11H19NO4S2/c1-3-18(15,16)10-8-17-5-4-12(10)7-9(2)6-11(13)14/h6,10H,3-5,7-8H2,1-2H3,(H,13,14)/b9-6+. The van der Waals surface area contributed by atoms with E-state index in [0.717, 1.165) is 11.8 Å². The third-order valence-electron chi connectivity index (χ3n) is 2.83. The third kappa shape index (κ3) is 4.29. The van der Waals surface area contributed by atoms with Crippen molar-refractivity contribution in [2.45, 2.75) is 19.2 Å². The summed E-state index contributed by atoms with van der Waals surface area (Å²) in [5.74, 6) is 0.581. The van der Waals surface area contributed by atoms with Crippen molar-refractivity contribution in [3.63, 3.8) is 0 Å². The second-order valence-electron chi connectivity index (χ2n) is 4.28. The molecule has 0 saturated carbocycles. The lowest BCUT2D eigenvalue weighted by atomic mass is 10.2. The van der Waals surface area contributed by atoms with Gasteiger partial charge in [-0.25, -0.2) is 13.2 Å². The van der Waals surface area contributed by atoms with E-state index in [1.54, 1.807) is 25.6 Å². The maximum absolute atomic E-state index is 12.0. The summed E-state index contributed by atoms with van der Waals surface area (Å²) in [6, 6.07) is 0. The van der Waals surface area contributed by atoms with E-state index in [4.69, 9.17) is 5.11 Å². The van der Waals surface area contributed by atoms with E-state index in [9.17, 15) is 13.2 Å². The number of carboxylic acids is 1. The molecule has 0 radical (unpaired) electrons. The van der Waals surface area contributed by atoms with Crippen LogP contribution in [0.2, 0.25) is 0 Å². The first-order valence-corrected chi connectivity index (χ1v) is 8.67. The fraction of sp³-hybridized carbons (Fsp3) is 0.727. The molecular formula is C11H19NO4S2. The van der Waals surface area contributed by atoms with E-state index in [-0.39, 0.29) is 5.75 Å². The molecule has 0 aromatic carbocycles. The van der Waals surface area contributed by atoms with Gasteiger partial charge < -0.3 is 5.11 Å². The molecule has 1 saturated heterocycles. The van der Waals surface area contributed by atoms with Crippen LogP contribution >= 0.6 is 11.8 Å². The lowest BCUT2D eigenvalue weighted by molar-refractivity contribution is -0.131. The van der Waals surface area contributed by atoms with Crippen LogP contribution in [0.1, 0.15) is 13.8 Å². The molecule has 1 N–H and O–H groups in total. The van der Waals surface area contributed by atoms with Gasteiger partial charge in [0, 0.05) is 36.4 Å². The van der Waals surface area contributed by atoms with Crippen LogP contribution < -0.4 is 0 Å². The third-order valence-corrected chi connectivity index (χ3v) is 6.16. The zero-order chi connectivity index (χ0) is 13.8. The largest absolute Gasteiger partial charge is 0.478 e. The highest BCUT2D eigenvalue weighted by molar-refractivity contribution is 8.01. The molecule has 1 rings (SSSR count). The predicted molar refractivity (Wildman–Crippen MR) is 73.5 cm³/mol. The van der Waals surface area contributed by atoms with E-state index >= 15 is 0 Å². The van der Waals surface area contributed by atoms with Gasteiger partial charge in [0.05, 0.1) is 0 Å². The number of sulfone groups is 1. The quantitative estimate of drug-likeness (QED) is 0.757. The highest BCUT2D eigenvalue weighted by Gasteiger charge is 2.32. The van der Waals surface area contributed by atoms with Gasteiger partial charge in [-0.2, -0.15) is 11.8 Å². The molecule has 0 aromatic heterocycles. The average molecular weight is 293 g/mol. The van der Waals surface area contributed by atoms with Gasteiger partial charge in [-0.15, -0.1) is 0 Å². The van der Waals surface area contributed by atoms with Crippen LogP contribution in [-0.2, 0) is 14.6 Å². The molecule has 5 nitrogen and oxygen atoms in total. The van der Waals surface area contributed by atoms with Crippen LogP contribution in [0, 0.1) is 0 Å². The summed E-state index contributed by atoms with van der Waals surface area (Å²) in [4.78, 5) is 12.4. The maximum Gasteiger partial charge on any atom is 0.328 e. The number of aliphatic carboxylic acids is 1. The zero-order valence-electron chi connectivity index (χ0n) is 10.6. The molecular weight excluding hydrogens is 274 g/mol. The summed E-state index contributed by atoms with van der Waals surface area (Å²) in [6.07, 6.45) is 1.14. The molecule has 0 amide bonds. The van der Waals surface area contributed by atoms with Crippen LogP contribution in [0.15, 0.2) is 11.6 Å². The second kappa shape index (κ2) is 6.58. The van der Waals surface area contributed by atoms with E-state index < -0.39 is 21.2 Å². The minimum absolute atomic E-state index is 0.121. The van der Waals surface area contributed by atoms with Crippen LogP contribution in [0.5, 0.6) is 0 Å². The number of hydrogen-bond donors (Lipinski definition) is 1. The van der Waals surface area contributed by atoms with Crippen LogP contribution in [0.4, 0.5) is 0 Å². The Labute approximate surface area is 112 Å². The zero-order valence-corrected chi connectivity index (χ0v) is 12.3. The second-order valence-corrected chi connectivity index (χ2v) is 7.88. The van der Waals surface area contributed by atoms with Crippen molar-refractivity contribution in [2.24, 2.45) is 0 Å². The first-order valence-electron chi connectivity index (χ1n) is 5.80. The molecule has 0 aliphatic carbocycles. The van der Waals surface area contributed by atoms with Crippen molar-refractivity contribution < 1.29 is 18.3 Å². The molecule has 7 heteroatoms. The maximum atomic E-state index is 12.0. The van der Waals surface area contributed by atoms with E-state index in [1.807, 2.05) is 4.90 Å². The molecule has 104 valence electrons. The number of thioether (sulfide) groups is 1. The summed E-state index contributed by atoms with van der Waals surface area (Å²) in [7, 11) is -3.11. The van der Waals surface area contributed by atoms with Gasteiger partial charge in [0.2, 0.25) is 0 Å². The van der Waals surface area contributed by atoms with Crippen LogP contribution in [0.25, 0.3) is 0 Å². The molecule has 0 spiro atoms. The number of carbonyl (C=O) groups is 1. The highest BCUT2D eigenvalue weighted by atomic mass is 32.2. The Morgan fingerprint density at radius 1 is 1.56 bits per heavy atom. The lowest BCUT2D eigenvalue weighted by Crippen LogP contribution is -2.48. The topological polar surface area (TPSA) is 74.7 Å². The van der Waals surface area contributed by atoms with Gasteiger partial charge in [0.25, 0.3) is 0 Å². The Kier molecular flexibility index (Phi) is 5.68. The summed E-state index contributed by atoms with van der Waals surface area (Å²) in [5, 5.41) is 8.18. The summed E-state index contributed by atoms with van der Waals surface area (Å²) in [5.41, 5.74) is 0.672. The Morgan fingerprint density at radius 2 is 2.22 bits per heavy atom. The first-order chi connectivity index (χ1) is 8.36. The molecule has 1 aliphatic rings. The molecule has 1 aliphatic heterocycles. The average Bonchev–Trinajstić information content (AvgIpc) is 2.28. The normalized spacial score (nSPS) is 23.0. The number of nitrogens with zero attached hydrogens (tertiary/aromatic N) is 1. The van der Waals surface area contributed by atoms with Crippen molar-refractivity contribution >= 4 is 27.6 Å². The van der Waals surface area contributed by atoms with E-state index in [1.165, 1.54) is 0 Å². The van der Waals surface area contributed by atoms with Crippen molar-refractivity contribution in [2.75, 3.05) is 30.3 Å². The number of carboxylic acid groups (broad SMARTS) is 1. The molecule has 1 heterocycles. The number of rotatable bonds is 5. The monoisotopic (exact) mass is 293 g/mol. The highest BCUT2D eigenvalue weighted by Crippen LogP contribution is 2.22. The summed E-state index contributed by atoms with van der Waals surface area (Å²) >= 11 is 1.63. The van der Waals surface area contributed by atoms with E-state index in [2.05, 4.69) is 0 Å². The smallest absolute Gasteiger partial charge is 0.328 e. The molecule has 0 bridgehead atoms. The summed E-state index contributed by atoms with van der Waals surface area (Å²) in [6.45, 7) is 4.44. The lowest BCUT2D eigenvalue weighted by Gasteiger charge is -2.34. The summed E-state index contributed by atoms with van der Waals surface area (Å²) < 4.78 is 24.0. The predicted octanol–water partition coefficient (Wildman–Crippen LogP) is 0.827. The minimum Gasteiger partial charge on any atom is -0.478 e. The van der Waals surface area contributed by atoms with Crippen molar-refractivity contribution in [3.8, 4) is 0 Å². The van der Waals surface area contributed by atoms with Crippen molar-refractivity contribution in [3.05, 3.63) is 11.6 Å². The van der Waals surface area contributed by atoms with Gasteiger partial charge >= 0.3 is 5.97 Å². The van der Waals surface area contributed by atoms with Gasteiger partial charge in [-0.1, -0.05) is 12.5 Å². The Bertz CT molecular complexity index is 430. The minimum atomic E-state index is -3.11. The van der Waals surface area contributed by atoms with Crippen molar-refractivity contribution in [1.82, 2.24) is 4.90 Å². The molecule has 0 aromatic rings. The van der Waals surface area contributed by atoms with Crippen molar-refractivity contribution in [1.29, 1.82) is 0 Å². The van der Waals surface area contributed by atoms with Gasteiger partial charge in [-0.05, 0) is 6.92 Å². The molecule has 1 unspecified atom stereocenters. The first kappa shape index (κ1) is 15.5. The fourth-order valence-electron chi connectivity index (χ4n) is 1.90. The Balaban J connectivity index is 2.81. The van der Waals surface area contributed by atoms with Gasteiger partial charge in [-0.3, -0.25) is 4.90 Å². The SMILES string of the molecule is CCS(=O)(=O)C1CSCCN1C/C(C)=C/C(=O)O. The van der Waals surface area contributed by atoms with Crippen LogP contribution in [0.3, 0.4) is 0 Å². The molecule has 1 atom stereocenters. The molecule has 18 heavy (non-hydrogen) atoms. The number of hydrogen-bond acceptors (Lipinski definition) is 5.